The highest BCUT2D eigenvalue weighted by Gasteiger charge is 2.43. The molecule has 1 unspecified atom stereocenters. The van der Waals surface area contributed by atoms with Gasteiger partial charge in [-0.25, -0.2) is 0 Å². The van der Waals surface area contributed by atoms with Crippen molar-refractivity contribution < 1.29 is 13.9 Å². The first-order chi connectivity index (χ1) is 14.7. The van der Waals surface area contributed by atoms with Crippen molar-refractivity contribution in [1.29, 1.82) is 0 Å². The number of hydrogen-bond donors (Lipinski definition) is 0. The maximum absolute atomic E-state index is 13.3. The normalized spacial score (nSPS) is 19.4. The molecule has 4 heterocycles. The smallest absolute Gasteiger partial charge is 0.290 e. The second-order valence-electron chi connectivity index (χ2n) is 7.63. The largest absolute Gasteiger partial charge is 0.450 e. The van der Waals surface area contributed by atoms with E-state index in [9.17, 15) is 9.59 Å². The van der Waals surface area contributed by atoms with Gasteiger partial charge < -0.3 is 14.1 Å². The number of pyridine rings is 1. The molecule has 0 spiro atoms. The summed E-state index contributed by atoms with van der Waals surface area (Å²) in [5.41, 5.74) is 1.35. The van der Waals surface area contributed by atoms with Crippen LogP contribution in [0.15, 0.2) is 57.9 Å². The molecule has 1 amide bonds. The topological polar surface area (TPSA) is 75.9 Å². The fourth-order valence-corrected chi connectivity index (χ4v) is 4.33. The number of morpholine rings is 1. The molecule has 1 saturated heterocycles. The summed E-state index contributed by atoms with van der Waals surface area (Å²) in [7, 11) is 0. The summed E-state index contributed by atoms with van der Waals surface area (Å²) in [5, 5.41) is 0.486. The Morgan fingerprint density at radius 2 is 1.80 bits per heavy atom. The Morgan fingerprint density at radius 1 is 1.00 bits per heavy atom. The minimum absolute atomic E-state index is 0.140. The molecule has 0 N–H and O–H groups in total. The van der Waals surface area contributed by atoms with Crippen LogP contribution in [0, 0.1) is 0 Å². The summed E-state index contributed by atoms with van der Waals surface area (Å²) in [5.74, 6) is -0.105. The van der Waals surface area contributed by atoms with Crippen LogP contribution in [-0.4, -0.2) is 60.1 Å². The van der Waals surface area contributed by atoms with E-state index in [1.165, 1.54) is 0 Å². The monoisotopic (exact) mass is 405 g/mol. The summed E-state index contributed by atoms with van der Waals surface area (Å²) < 4.78 is 11.3. The first kappa shape index (κ1) is 19.0. The molecule has 0 saturated carbocycles. The third kappa shape index (κ3) is 3.30. The number of aromatic nitrogens is 1. The average molecular weight is 405 g/mol. The Labute approximate surface area is 173 Å². The Hall–Kier alpha value is -3.03. The predicted molar refractivity (Wildman–Crippen MR) is 111 cm³/mol. The third-order valence-electron chi connectivity index (χ3n) is 5.82. The van der Waals surface area contributed by atoms with Gasteiger partial charge in [0.25, 0.3) is 5.91 Å². The number of para-hydroxylation sites is 1. The van der Waals surface area contributed by atoms with Crippen LogP contribution in [0.1, 0.15) is 34.3 Å². The molecule has 0 radical (unpaired) electrons. The van der Waals surface area contributed by atoms with Gasteiger partial charge in [-0.2, -0.15) is 0 Å². The first-order valence-electron chi connectivity index (χ1n) is 10.3. The van der Waals surface area contributed by atoms with Gasteiger partial charge in [0.05, 0.1) is 29.9 Å². The number of nitrogens with zero attached hydrogens (tertiary/aromatic N) is 3. The zero-order chi connectivity index (χ0) is 20.5. The average Bonchev–Trinajstić information content (AvgIpc) is 3.07. The molecule has 30 heavy (non-hydrogen) atoms. The van der Waals surface area contributed by atoms with E-state index in [1.807, 2.05) is 18.2 Å². The van der Waals surface area contributed by atoms with Gasteiger partial charge in [-0.3, -0.25) is 19.5 Å². The summed E-state index contributed by atoms with van der Waals surface area (Å²) in [6, 6.07) is 12.1. The molecule has 1 atom stereocenters. The lowest BCUT2D eigenvalue weighted by Crippen LogP contribution is -2.39. The summed E-state index contributed by atoms with van der Waals surface area (Å²) in [4.78, 5) is 35.2. The Morgan fingerprint density at radius 3 is 2.60 bits per heavy atom. The van der Waals surface area contributed by atoms with E-state index >= 15 is 0 Å². The van der Waals surface area contributed by atoms with Gasteiger partial charge >= 0.3 is 0 Å². The number of fused-ring (bicyclic) bond motifs is 2. The molecule has 7 nitrogen and oxygen atoms in total. The Balaban J connectivity index is 1.51. The second kappa shape index (κ2) is 8.01. The van der Waals surface area contributed by atoms with E-state index in [-0.39, 0.29) is 17.1 Å². The number of rotatable bonds is 5. The van der Waals surface area contributed by atoms with E-state index in [2.05, 4.69) is 9.88 Å². The number of carbonyl (C=O) groups is 1. The highest BCUT2D eigenvalue weighted by Crippen LogP contribution is 2.37. The van der Waals surface area contributed by atoms with E-state index in [1.54, 1.807) is 35.4 Å². The van der Waals surface area contributed by atoms with Gasteiger partial charge in [-0.1, -0.05) is 18.2 Å². The van der Waals surface area contributed by atoms with E-state index in [0.29, 0.717) is 28.8 Å². The number of hydrogen-bond acceptors (Lipinski definition) is 6. The maximum Gasteiger partial charge on any atom is 0.290 e. The SMILES string of the molecule is O=C1c2oc3ccccc3c(=O)c2C(c2ccccn2)N1CCCN1CCOCC1. The van der Waals surface area contributed by atoms with Gasteiger partial charge in [-0.05, 0) is 30.7 Å². The summed E-state index contributed by atoms with van der Waals surface area (Å²) in [6.07, 6.45) is 2.49. The minimum atomic E-state index is -0.528. The lowest BCUT2D eigenvalue weighted by atomic mass is 10.0. The highest BCUT2D eigenvalue weighted by atomic mass is 16.5. The molecular formula is C23H23N3O4. The van der Waals surface area contributed by atoms with Crippen molar-refractivity contribution in [1.82, 2.24) is 14.8 Å². The van der Waals surface area contributed by atoms with Gasteiger partial charge in [0.1, 0.15) is 11.6 Å². The minimum Gasteiger partial charge on any atom is -0.450 e. The summed E-state index contributed by atoms with van der Waals surface area (Å²) in [6.45, 7) is 4.71. The first-order valence-corrected chi connectivity index (χ1v) is 10.3. The van der Waals surface area contributed by atoms with Crippen LogP contribution in [-0.2, 0) is 4.74 Å². The van der Waals surface area contributed by atoms with Gasteiger partial charge in [0.2, 0.25) is 5.76 Å². The van der Waals surface area contributed by atoms with Crippen molar-refractivity contribution in [2.24, 2.45) is 0 Å². The number of carbonyl (C=O) groups excluding carboxylic acids is 1. The predicted octanol–water partition coefficient (Wildman–Crippen LogP) is 2.46. The maximum atomic E-state index is 13.3. The van der Waals surface area contributed by atoms with E-state index in [4.69, 9.17) is 9.15 Å². The van der Waals surface area contributed by atoms with E-state index in [0.717, 1.165) is 39.3 Å². The molecule has 2 aromatic heterocycles. The van der Waals surface area contributed by atoms with Gasteiger partial charge in [-0.15, -0.1) is 0 Å². The van der Waals surface area contributed by atoms with Crippen LogP contribution < -0.4 is 5.43 Å². The molecular weight excluding hydrogens is 382 g/mol. The molecule has 1 fully saturated rings. The van der Waals surface area contributed by atoms with Crippen molar-refractivity contribution in [2.75, 3.05) is 39.4 Å². The lowest BCUT2D eigenvalue weighted by molar-refractivity contribution is 0.0353. The number of amides is 1. The fraction of sp³-hybridized carbons (Fsp3) is 0.348. The third-order valence-corrected chi connectivity index (χ3v) is 5.82. The van der Waals surface area contributed by atoms with Crippen molar-refractivity contribution in [3.8, 4) is 0 Å². The van der Waals surface area contributed by atoms with Crippen molar-refractivity contribution in [3.05, 3.63) is 75.9 Å². The lowest BCUT2D eigenvalue weighted by Gasteiger charge is -2.28. The van der Waals surface area contributed by atoms with Crippen LogP contribution in [0.3, 0.4) is 0 Å². The van der Waals surface area contributed by atoms with Crippen LogP contribution in [0.2, 0.25) is 0 Å². The van der Waals surface area contributed by atoms with Crippen LogP contribution in [0.25, 0.3) is 11.0 Å². The van der Waals surface area contributed by atoms with Crippen molar-refractivity contribution >= 4 is 16.9 Å². The van der Waals surface area contributed by atoms with Crippen molar-refractivity contribution in [3.63, 3.8) is 0 Å². The Bertz CT molecular complexity index is 1120. The van der Waals surface area contributed by atoms with Crippen LogP contribution >= 0.6 is 0 Å². The zero-order valence-electron chi connectivity index (χ0n) is 16.6. The van der Waals surface area contributed by atoms with Crippen molar-refractivity contribution in [2.45, 2.75) is 12.5 Å². The number of ether oxygens (including phenoxy) is 1. The fourth-order valence-electron chi connectivity index (χ4n) is 4.33. The molecule has 154 valence electrons. The molecule has 0 bridgehead atoms. The quantitative estimate of drug-likeness (QED) is 0.649. The van der Waals surface area contributed by atoms with Crippen LogP contribution in [0.5, 0.6) is 0 Å². The second-order valence-corrected chi connectivity index (χ2v) is 7.63. The standard InChI is InChI=1S/C23H23N3O4/c27-21-16-6-1-2-8-18(16)30-22-19(21)20(17-7-3-4-9-24-17)26(23(22)28)11-5-10-25-12-14-29-15-13-25/h1-4,6-9,20H,5,10-15H2. The zero-order valence-corrected chi connectivity index (χ0v) is 16.6. The Kier molecular flexibility index (Phi) is 5.06. The molecule has 2 aliphatic heterocycles. The summed E-state index contributed by atoms with van der Waals surface area (Å²) >= 11 is 0. The van der Waals surface area contributed by atoms with E-state index < -0.39 is 6.04 Å². The van der Waals surface area contributed by atoms with Gasteiger partial charge in [0.15, 0.2) is 5.43 Å². The highest BCUT2D eigenvalue weighted by molar-refractivity contribution is 5.98. The molecule has 7 heteroatoms. The van der Waals surface area contributed by atoms with Crippen LogP contribution in [0.4, 0.5) is 0 Å². The molecule has 2 aliphatic rings. The number of benzene rings is 1. The molecule has 3 aromatic rings. The van der Waals surface area contributed by atoms with Gasteiger partial charge in [0, 0.05) is 32.4 Å². The molecule has 0 aliphatic carbocycles. The molecule has 5 rings (SSSR count). The molecule has 1 aromatic carbocycles.